The van der Waals surface area contributed by atoms with Crippen molar-refractivity contribution in [1.29, 1.82) is 0 Å². The van der Waals surface area contributed by atoms with Crippen LogP contribution >= 0.6 is 0 Å². The Labute approximate surface area is 111 Å². The Hall–Kier alpha value is -1.05. The molecule has 106 valence electrons. The van der Waals surface area contributed by atoms with Gasteiger partial charge in [-0.3, -0.25) is 0 Å². The molecule has 1 saturated heterocycles. The molecule has 2 N–H and O–H groups in total. The molecule has 1 aromatic rings. The third-order valence-electron chi connectivity index (χ3n) is 3.13. The smallest absolute Gasteiger partial charge is 0.246 e. The molecule has 19 heavy (non-hydrogen) atoms. The van der Waals surface area contributed by atoms with Gasteiger partial charge in [0.15, 0.2) is 4.90 Å². The summed E-state index contributed by atoms with van der Waals surface area (Å²) in [6.45, 7) is 1.09. The zero-order chi connectivity index (χ0) is 13.9. The van der Waals surface area contributed by atoms with Crippen molar-refractivity contribution in [2.45, 2.75) is 30.2 Å². The molecule has 0 bridgehead atoms. The quantitative estimate of drug-likeness (QED) is 0.861. The molecule has 0 aliphatic carbocycles. The molecular weight excluding hydrogens is 274 g/mol. The molecule has 1 aliphatic rings. The lowest BCUT2D eigenvalue weighted by molar-refractivity contribution is 0.507. The molecular formula is C12H16F2N2O2S. The largest absolute Gasteiger partial charge is 0.314 e. The van der Waals surface area contributed by atoms with Gasteiger partial charge in [-0.2, -0.15) is 0 Å². The van der Waals surface area contributed by atoms with Gasteiger partial charge in [0.25, 0.3) is 0 Å². The Bertz CT molecular complexity index is 522. The lowest BCUT2D eigenvalue weighted by atomic mass is 10.2. The first-order valence-electron chi connectivity index (χ1n) is 6.18. The van der Waals surface area contributed by atoms with Crippen molar-refractivity contribution in [2.75, 3.05) is 13.1 Å². The van der Waals surface area contributed by atoms with Gasteiger partial charge in [0.1, 0.15) is 11.6 Å². The number of hydrogen-bond acceptors (Lipinski definition) is 3. The molecule has 1 fully saturated rings. The van der Waals surface area contributed by atoms with E-state index in [0.717, 1.165) is 37.6 Å². The molecule has 0 saturated carbocycles. The maximum atomic E-state index is 13.4. The normalized spacial score (nSPS) is 19.8. The van der Waals surface area contributed by atoms with Gasteiger partial charge in [0.05, 0.1) is 0 Å². The van der Waals surface area contributed by atoms with Crippen LogP contribution in [0.3, 0.4) is 0 Å². The fourth-order valence-corrected chi connectivity index (χ4v) is 3.36. The summed E-state index contributed by atoms with van der Waals surface area (Å²) in [5.74, 6) is -2.15. The molecule has 0 spiro atoms. The lowest BCUT2D eigenvalue weighted by Crippen LogP contribution is -2.31. The highest BCUT2D eigenvalue weighted by atomic mass is 32.2. The molecule has 0 aromatic heterocycles. The van der Waals surface area contributed by atoms with Crippen LogP contribution in [0, 0.1) is 11.6 Å². The van der Waals surface area contributed by atoms with Crippen molar-refractivity contribution < 1.29 is 17.2 Å². The minimum absolute atomic E-state index is 0.160. The minimum atomic E-state index is -4.14. The number of benzene rings is 1. The molecule has 1 atom stereocenters. The molecule has 0 unspecified atom stereocenters. The number of rotatable bonds is 5. The molecule has 1 heterocycles. The number of nitrogens with one attached hydrogen (secondary N) is 2. The van der Waals surface area contributed by atoms with Gasteiger partial charge in [-0.05, 0) is 37.9 Å². The summed E-state index contributed by atoms with van der Waals surface area (Å²) in [5.41, 5.74) is 0. The summed E-state index contributed by atoms with van der Waals surface area (Å²) in [6.07, 6.45) is 2.67. The van der Waals surface area contributed by atoms with Crippen LogP contribution in [0.5, 0.6) is 0 Å². The van der Waals surface area contributed by atoms with Gasteiger partial charge in [-0.15, -0.1) is 0 Å². The van der Waals surface area contributed by atoms with Crippen molar-refractivity contribution >= 4 is 10.0 Å². The second-order valence-corrected chi connectivity index (χ2v) is 6.23. The van der Waals surface area contributed by atoms with Gasteiger partial charge in [0.2, 0.25) is 10.0 Å². The lowest BCUT2D eigenvalue weighted by Gasteiger charge is -2.12. The van der Waals surface area contributed by atoms with Crippen LogP contribution < -0.4 is 10.0 Å². The van der Waals surface area contributed by atoms with E-state index in [1.165, 1.54) is 0 Å². The topological polar surface area (TPSA) is 58.2 Å². The first-order chi connectivity index (χ1) is 9.00. The molecule has 1 aromatic carbocycles. The molecule has 7 heteroatoms. The summed E-state index contributed by atoms with van der Waals surface area (Å²) in [5, 5.41) is 3.22. The first kappa shape index (κ1) is 14.4. The maximum Gasteiger partial charge on any atom is 0.246 e. The molecule has 0 amide bonds. The SMILES string of the molecule is O=S(=O)(NCC[C@@H]1CCCN1)c1c(F)cccc1F. The Kier molecular flexibility index (Phi) is 4.49. The Morgan fingerprint density at radius 3 is 2.58 bits per heavy atom. The third-order valence-corrected chi connectivity index (χ3v) is 4.65. The summed E-state index contributed by atoms with van der Waals surface area (Å²) in [4.78, 5) is -0.908. The van der Waals surface area contributed by atoms with E-state index < -0.39 is 26.6 Å². The molecule has 0 radical (unpaired) electrons. The summed E-state index contributed by atoms with van der Waals surface area (Å²) in [7, 11) is -4.14. The predicted molar refractivity (Wildman–Crippen MR) is 67.2 cm³/mol. The van der Waals surface area contributed by atoms with Crippen molar-refractivity contribution in [3.05, 3.63) is 29.8 Å². The highest BCUT2D eigenvalue weighted by Crippen LogP contribution is 2.18. The van der Waals surface area contributed by atoms with Crippen molar-refractivity contribution in [2.24, 2.45) is 0 Å². The highest BCUT2D eigenvalue weighted by molar-refractivity contribution is 7.89. The Morgan fingerprint density at radius 2 is 2.00 bits per heavy atom. The second kappa shape index (κ2) is 5.94. The van der Waals surface area contributed by atoms with Gasteiger partial charge in [-0.25, -0.2) is 21.9 Å². The standard InChI is InChI=1S/C12H16F2N2O2S/c13-10-4-1-5-11(14)12(10)19(17,18)16-8-6-9-3-2-7-15-9/h1,4-5,9,15-16H,2-3,6-8H2/t9-/m0/s1. The van der Waals surface area contributed by atoms with E-state index in [-0.39, 0.29) is 12.6 Å². The Balaban J connectivity index is 2.01. The molecule has 1 aliphatic heterocycles. The average molecular weight is 290 g/mol. The van der Waals surface area contributed by atoms with Crippen molar-refractivity contribution in [3.63, 3.8) is 0 Å². The third kappa shape index (κ3) is 3.49. The van der Waals surface area contributed by atoms with Crippen molar-refractivity contribution in [3.8, 4) is 0 Å². The fraction of sp³-hybridized carbons (Fsp3) is 0.500. The van der Waals surface area contributed by atoms with Crippen LogP contribution in [0.2, 0.25) is 0 Å². The fourth-order valence-electron chi connectivity index (χ4n) is 2.18. The highest BCUT2D eigenvalue weighted by Gasteiger charge is 2.24. The van der Waals surface area contributed by atoms with E-state index in [4.69, 9.17) is 0 Å². The van der Waals surface area contributed by atoms with E-state index in [1.54, 1.807) is 0 Å². The Morgan fingerprint density at radius 1 is 1.32 bits per heavy atom. The molecule has 2 rings (SSSR count). The van der Waals surface area contributed by atoms with Gasteiger partial charge in [0, 0.05) is 12.6 Å². The van der Waals surface area contributed by atoms with Gasteiger partial charge < -0.3 is 5.32 Å². The van der Waals surface area contributed by atoms with Crippen LogP contribution in [0.25, 0.3) is 0 Å². The van der Waals surface area contributed by atoms with Gasteiger partial charge >= 0.3 is 0 Å². The van der Waals surface area contributed by atoms with E-state index in [0.29, 0.717) is 6.42 Å². The summed E-state index contributed by atoms with van der Waals surface area (Å²) in [6, 6.07) is 3.26. The van der Waals surface area contributed by atoms with Gasteiger partial charge in [-0.1, -0.05) is 6.07 Å². The average Bonchev–Trinajstić information content (AvgIpc) is 2.81. The van der Waals surface area contributed by atoms with Crippen LogP contribution in [0.4, 0.5) is 8.78 Å². The van der Waals surface area contributed by atoms with Crippen LogP contribution in [-0.2, 0) is 10.0 Å². The van der Waals surface area contributed by atoms with Crippen molar-refractivity contribution in [1.82, 2.24) is 10.0 Å². The van der Waals surface area contributed by atoms with E-state index in [1.807, 2.05) is 0 Å². The first-order valence-corrected chi connectivity index (χ1v) is 7.66. The zero-order valence-electron chi connectivity index (χ0n) is 10.3. The van der Waals surface area contributed by atoms with E-state index >= 15 is 0 Å². The molecule has 4 nitrogen and oxygen atoms in total. The number of hydrogen-bond donors (Lipinski definition) is 2. The zero-order valence-corrected chi connectivity index (χ0v) is 11.1. The second-order valence-electron chi connectivity index (χ2n) is 4.53. The van der Waals surface area contributed by atoms with Crippen LogP contribution in [-0.4, -0.2) is 27.5 Å². The maximum absolute atomic E-state index is 13.4. The minimum Gasteiger partial charge on any atom is -0.314 e. The van der Waals surface area contributed by atoms with Crippen LogP contribution in [0.1, 0.15) is 19.3 Å². The summed E-state index contributed by atoms with van der Waals surface area (Å²) < 4.78 is 52.7. The predicted octanol–water partition coefficient (Wildman–Crippen LogP) is 1.39. The number of halogens is 2. The monoisotopic (exact) mass is 290 g/mol. The van der Waals surface area contributed by atoms with E-state index in [9.17, 15) is 17.2 Å². The number of sulfonamides is 1. The van der Waals surface area contributed by atoms with E-state index in [2.05, 4.69) is 10.0 Å². The summed E-state index contributed by atoms with van der Waals surface area (Å²) >= 11 is 0. The van der Waals surface area contributed by atoms with Crippen LogP contribution in [0.15, 0.2) is 23.1 Å².